The largest absolute Gasteiger partial charge is 0.479 e. The molecular formula is C18H13NO4S2. The number of hydrogen-bond acceptors (Lipinski definition) is 5. The number of carboxylic acid groups (broad SMARTS) is 1. The molecule has 2 aromatic rings. The number of nitrogens with zero attached hydrogens (tertiary/aromatic N) is 1. The molecule has 1 amide bonds. The number of rotatable bonds is 5. The Kier molecular flexibility index (Phi) is 5.16. The minimum Gasteiger partial charge on any atom is -0.479 e. The van der Waals surface area contributed by atoms with Crippen molar-refractivity contribution < 1.29 is 19.1 Å². The van der Waals surface area contributed by atoms with Crippen LogP contribution in [0.5, 0.6) is 0 Å². The van der Waals surface area contributed by atoms with Gasteiger partial charge in [-0.15, -0.1) is 0 Å². The fourth-order valence-electron chi connectivity index (χ4n) is 2.37. The minimum atomic E-state index is -1.14. The molecule has 5 nitrogen and oxygen atoms in total. The van der Waals surface area contributed by atoms with Gasteiger partial charge in [-0.25, -0.2) is 4.79 Å². The maximum Gasteiger partial charge on any atom is 0.331 e. The van der Waals surface area contributed by atoms with Crippen LogP contribution < -0.4 is 0 Å². The number of amides is 1. The Bertz CT molecular complexity index is 856. The van der Waals surface area contributed by atoms with Gasteiger partial charge in [0.25, 0.3) is 5.91 Å². The molecule has 1 aliphatic rings. The van der Waals surface area contributed by atoms with Crippen LogP contribution in [-0.4, -0.2) is 26.2 Å². The molecule has 0 saturated carbocycles. The molecule has 2 heterocycles. The molecule has 0 aliphatic carbocycles. The molecule has 1 N–H and O–H groups in total. The van der Waals surface area contributed by atoms with E-state index in [0.29, 0.717) is 16.2 Å². The van der Waals surface area contributed by atoms with E-state index in [2.05, 4.69) is 0 Å². The fourth-order valence-corrected chi connectivity index (χ4v) is 3.64. The topological polar surface area (TPSA) is 70.8 Å². The third-order valence-corrected chi connectivity index (χ3v) is 4.83. The highest BCUT2D eigenvalue weighted by Crippen LogP contribution is 2.37. The van der Waals surface area contributed by atoms with Crippen LogP contribution in [0.25, 0.3) is 6.08 Å². The van der Waals surface area contributed by atoms with Crippen molar-refractivity contribution in [3.05, 3.63) is 77.1 Å². The molecular weight excluding hydrogens is 358 g/mol. The van der Waals surface area contributed by atoms with Gasteiger partial charge in [-0.2, -0.15) is 0 Å². The maximum atomic E-state index is 12.7. The molecule has 1 aromatic heterocycles. The van der Waals surface area contributed by atoms with Gasteiger partial charge in [-0.05, 0) is 29.8 Å². The monoisotopic (exact) mass is 371 g/mol. The first kappa shape index (κ1) is 17.2. The lowest BCUT2D eigenvalue weighted by Crippen LogP contribution is -2.37. The molecule has 1 unspecified atom stereocenters. The summed E-state index contributed by atoms with van der Waals surface area (Å²) in [6.45, 7) is 0. The molecule has 0 radical (unpaired) electrons. The number of thioether (sulfide) groups is 1. The SMILES string of the molecule is O=C(O)C(c1ccccc1)N1C(=O)/C(=C\C=C\c2ccco2)SC1=S. The Morgan fingerprint density at radius 3 is 2.64 bits per heavy atom. The van der Waals surface area contributed by atoms with Crippen LogP contribution in [0.3, 0.4) is 0 Å². The smallest absolute Gasteiger partial charge is 0.331 e. The molecule has 25 heavy (non-hydrogen) atoms. The molecule has 3 rings (SSSR count). The number of carbonyl (C=O) groups excluding carboxylic acids is 1. The van der Waals surface area contributed by atoms with Crippen LogP contribution >= 0.6 is 24.0 Å². The summed E-state index contributed by atoms with van der Waals surface area (Å²) in [6.07, 6.45) is 6.53. The quantitative estimate of drug-likeness (QED) is 0.636. The normalized spacial score (nSPS) is 17.6. The molecule has 7 heteroatoms. The molecule has 1 atom stereocenters. The number of carboxylic acids is 1. The standard InChI is InChI=1S/C18H13NO4S2/c20-16-14(10-4-8-13-9-5-11-23-13)25-18(24)19(16)15(17(21)22)12-6-2-1-3-7-12/h1-11,15H,(H,21,22)/b8-4+,14-10+. The Morgan fingerprint density at radius 2 is 2.00 bits per heavy atom. The summed E-state index contributed by atoms with van der Waals surface area (Å²) >= 11 is 6.32. The first-order valence-corrected chi connectivity index (χ1v) is 8.55. The van der Waals surface area contributed by atoms with E-state index in [4.69, 9.17) is 16.6 Å². The lowest BCUT2D eigenvalue weighted by Gasteiger charge is -2.23. The molecule has 1 saturated heterocycles. The second kappa shape index (κ2) is 7.50. The van der Waals surface area contributed by atoms with Crippen molar-refractivity contribution in [2.45, 2.75) is 6.04 Å². The third-order valence-electron chi connectivity index (χ3n) is 3.48. The highest BCUT2D eigenvalue weighted by molar-refractivity contribution is 8.26. The van der Waals surface area contributed by atoms with Gasteiger partial charge < -0.3 is 9.52 Å². The van der Waals surface area contributed by atoms with Crippen LogP contribution in [0.2, 0.25) is 0 Å². The molecule has 1 fully saturated rings. The Morgan fingerprint density at radius 1 is 1.24 bits per heavy atom. The van der Waals surface area contributed by atoms with E-state index in [1.807, 2.05) is 0 Å². The first-order valence-electron chi connectivity index (χ1n) is 7.33. The first-order chi connectivity index (χ1) is 12.1. The Hall–Kier alpha value is -2.64. The molecule has 0 spiro atoms. The number of benzene rings is 1. The van der Waals surface area contributed by atoms with E-state index in [1.54, 1.807) is 67.0 Å². The highest BCUT2D eigenvalue weighted by atomic mass is 32.2. The van der Waals surface area contributed by atoms with Gasteiger partial charge in [-0.3, -0.25) is 9.69 Å². The number of thiocarbonyl (C=S) groups is 1. The van der Waals surface area contributed by atoms with Gasteiger partial charge in [0.15, 0.2) is 6.04 Å². The van der Waals surface area contributed by atoms with Crippen molar-refractivity contribution in [2.75, 3.05) is 0 Å². The average Bonchev–Trinajstić information content (AvgIpc) is 3.20. The van der Waals surface area contributed by atoms with E-state index in [1.165, 1.54) is 0 Å². The molecule has 126 valence electrons. The summed E-state index contributed by atoms with van der Waals surface area (Å²) in [5.41, 5.74) is 0.499. The molecule has 0 bridgehead atoms. The number of hydrogen-bond donors (Lipinski definition) is 1. The summed E-state index contributed by atoms with van der Waals surface area (Å²) in [4.78, 5) is 25.9. The summed E-state index contributed by atoms with van der Waals surface area (Å²) in [5, 5.41) is 9.60. The summed E-state index contributed by atoms with van der Waals surface area (Å²) in [5.74, 6) is -0.898. The van der Waals surface area contributed by atoms with Crippen LogP contribution in [-0.2, 0) is 9.59 Å². The van der Waals surface area contributed by atoms with Crippen molar-refractivity contribution >= 4 is 46.3 Å². The van der Waals surface area contributed by atoms with Gasteiger partial charge in [0.05, 0.1) is 11.2 Å². The zero-order valence-electron chi connectivity index (χ0n) is 12.9. The zero-order valence-corrected chi connectivity index (χ0v) is 14.5. The van der Waals surface area contributed by atoms with E-state index in [9.17, 15) is 14.7 Å². The molecule has 1 aliphatic heterocycles. The van der Waals surface area contributed by atoms with E-state index in [-0.39, 0.29) is 4.32 Å². The Labute approximate surface area is 153 Å². The second-order valence-corrected chi connectivity index (χ2v) is 6.78. The molecule has 1 aromatic carbocycles. The number of furan rings is 1. The minimum absolute atomic E-state index is 0.221. The second-order valence-electron chi connectivity index (χ2n) is 5.10. The third kappa shape index (κ3) is 3.72. The fraction of sp³-hybridized carbons (Fsp3) is 0.0556. The number of allylic oxidation sites excluding steroid dienone is 2. The summed E-state index contributed by atoms with van der Waals surface area (Å²) in [6, 6.07) is 11.0. The lowest BCUT2D eigenvalue weighted by atomic mass is 10.1. The highest BCUT2D eigenvalue weighted by Gasteiger charge is 2.41. The van der Waals surface area contributed by atoms with Gasteiger partial charge >= 0.3 is 5.97 Å². The van der Waals surface area contributed by atoms with Crippen molar-refractivity contribution in [3.8, 4) is 0 Å². The predicted octanol–water partition coefficient (Wildman–Crippen LogP) is 3.86. The average molecular weight is 371 g/mol. The van der Waals surface area contributed by atoms with Gasteiger partial charge in [0.1, 0.15) is 10.1 Å². The zero-order chi connectivity index (χ0) is 17.8. The van der Waals surface area contributed by atoms with Crippen molar-refractivity contribution in [1.82, 2.24) is 4.90 Å². The predicted molar refractivity (Wildman–Crippen MR) is 99.7 cm³/mol. The van der Waals surface area contributed by atoms with Crippen LogP contribution in [0.15, 0.2) is 70.2 Å². The van der Waals surface area contributed by atoms with E-state index in [0.717, 1.165) is 16.7 Å². The summed E-state index contributed by atoms with van der Waals surface area (Å²) in [7, 11) is 0. The maximum absolute atomic E-state index is 12.7. The van der Waals surface area contributed by atoms with Crippen molar-refractivity contribution in [3.63, 3.8) is 0 Å². The van der Waals surface area contributed by atoms with Gasteiger partial charge in [-0.1, -0.05) is 60.4 Å². The van der Waals surface area contributed by atoms with E-state index >= 15 is 0 Å². The van der Waals surface area contributed by atoms with Gasteiger partial charge in [0, 0.05) is 0 Å². The van der Waals surface area contributed by atoms with Crippen molar-refractivity contribution in [2.24, 2.45) is 0 Å². The van der Waals surface area contributed by atoms with Crippen LogP contribution in [0.4, 0.5) is 0 Å². The Balaban J connectivity index is 1.86. The van der Waals surface area contributed by atoms with Crippen LogP contribution in [0.1, 0.15) is 17.4 Å². The van der Waals surface area contributed by atoms with Crippen LogP contribution in [0, 0.1) is 0 Å². The van der Waals surface area contributed by atoms with Gasteiger partial charge in [0.2, 0.25) is 0 Å². The number of carbonyl (C=O) groups is 2. The lowest BCUT2D eigenvalue weighted by molar-refractivity contribution is -0.145. The number of aliphatic carboxylic acids is 1. The summed E-state index contributed by atoms with van der Waals surface area (Å²) < 4.78 is 5.39. The van der Waals surface area contributed by atoms with E-state index < -0.39 is 17.9 Å². The van der Waals surface area contributed by atoms with Crippen molar-refractivity contribution in [1.29, 1.82) is 0 Å².